The fourth-order valence-corrected chi connectivity index (χ4v) is 3.83. The number of carbonyl (C=O) groups is 1. The Morgan fingerprint density at radius 1 is 1.37 bits per heavy atom. The Balaban J connectivity index is 1.53. The molecule has 1 aromatic carbocycles. The third kappa shape index (κ3) is 3.43. The van der Waals surface area contributed by atoms with E-state index >= 15 is 0 Å². The van der Waals surface area contributed by atoms with Crippen molar-refractivity contribution >= 4 is 39.9 Å². The summed E-state index contributed by atoms with van der Waals surface area (Å²) < 4.78 is 15.1. The van der Waals surface area contributed by atoms with Gasteiger partial charge in [-0.3, -0.25) is 4.79 Å². The lowest BCUT2D eigenvalue weighted by Crippen LogP contribution is -2.23. The molecule has 5 nitrogen and oxygen atoms in total. The lowest BCUT2D eigenvalue weighted by molar-refractivity contribution is 0.0946. The molecule has 0 saturated carbocycles. The summed E-state index contributed by atoms with van der Waals surface area (Å²) in [7, 11) is 1.92. The van der Waals surface area contributed by atoms with E-state index < -0.39 is 5.82 Å². The van der Waals surface area contributed by atoms with Gasteiger partial charge in [-0.25, -0.2) is 14.4 Å². The zero-order chi connectivity index (χ0) is 19.0. The highest BCUT2D eigenvalue weighted by Gasteiger charge is 2.16. The molecule has 1 N–H and O–H groups in total. The van der Waals surface area contributed by atoms with Gasteiger partial charge in [0.2, 0.25) is 0 Å². The van der Waals surface area contributed by atoms with Crippen molar-refractivity contribution in [3.05, 3.63) is 70.2 Å². The molecule has 0 saturated heterocycles. The van der Waals surface area contributed by atoms with Crippen LogP contribution in [-0.4, -0.2) is 20.4 Å². The molecular weight excluding hydrogens is 387 g/mol. The molecule has 136 valence electrons. The van der Waals surface area contributed by atoms with E-state index in [-0.39, 0.29) is 17.5 Å². The van der Waals surface area contributed by atoms with Gasteiger partial charge in [0.1, 0.15) is 22.2 Å². The van der Waals surface area contributed by atoms with Crippen LogP contribution in [0.3, 0.4) is 0 Å². The quantitative estimate of drug-likeness (QED) is 0.551. The van der Waals surface area contributed by atoms with Crippen LogP contribution in [0.5, 0.6) is 0 Å². The minimum atomic E-state index is -0.486. The van der Waals surface area contributed by atoms with Crippen molar-refractivity contribution in [3.63, 3.8) is 0 Å². The van der Waals surface area contributed by atoms with E-state index in [2.05, 4.69) is 15.3 Å². The predicted octanol–water partition coefficient (Wildman–Crippen LogP) is 4.42. The van der Waals surface area contributed by atoms with Crippen LogP contribution in [0.15, 0.2) is 48.1 Å². The minimum absolute atomic E-state index is 0.0299. The van der Waals surface area contributed by atoms with E-state index in [0.717, 1.165) is 21.6 Å². The third-order valence-electron chi connectivity index (χ3n) is 4.14. The number of thiazole rings is 1. The van der Waals surface area contributed by atoms with E-state index in [1.165, 1.54) is 23.5 Å². The minimum Gasteiger partial charge on any atom is -0.347 e. The van der Waals surface area contributed by atoms with Crippen molar-refractivity contribution in [3.8, 4) is 10.6 Å². The molecule has 0 aliphatic rings. The number of pyridine rings is 1. The summed E-state index contributed by atoms with van der Waals surface area (Å²) >= 11 is 7.16. The molecule has 0 fully saturated rings. The molecule has 0 unspecified atom stereocenters. The molecule has 3 heterocycles. The average molecular weight is 401 g/mol. The second-order valence-electron chi connectivity index (χ2n) is 6.00. The largest absolute Gasteiger partial charge is 0.347 e. The average Bonchev–Trinajstić information content (AvgIpc) is 3.28. The summed E-state index contributed by atoms with van der Waals surface area (Å²) in [5, 5.41) is 6.27. The Labute approximate surface area is 163 Å². The third-order valence-corrected chi connectivity index (χ3v) is 5.30. The summed E-state index contributed by atoms with van der Waals surface area (Å²) in [5.74, 6) is -0.781. The Kier molecular flexibility index (Phi) is 4.63. The molecule has 27 heavy (non-hydrogen) atoms. The Hall–Kier alpha value is -2.77. The van der Waals surface area contributed by atoms with Crippen molar-refractivity contribution in [2.75, 3.05) is 0 Å². The van der Waals surface area contributed by atoms with Crippen LogP contribution < -0.4 is 5.32 Å². The number of aromatic nitrogens is 3. The van der Waals surface area contributed by atoms with Crippen molar-refractivity contribution in [1.82, 2.24) is 19.9 Å². The second-order valence-corrected chi connectivity index (χ2v) is 7.26. The Bertz CT molecular complexity index is 1150. The number of halogens is 2. The van der Waals surface area contributed by atoms with E-state index in [1.807, 2.05) is 29.9 Å². The van der Waals surface area contributed by atoms with Gasteiger partial charge in [-0.2, -0.15) is 0 Å². The summed E-state index contributed by atoms with van der Waals surface area (Å²) in [5.41, 5.74) is 2.85. The molecule has 0 atom stereocenters. The molecule has 1 amide bonds. The molecule has 8 heteroatoms. The van der Waals surface area contributed by atoms with Gasteiger partial charge in [0.25, 0.3) is 5.91 Å². The molecule has 4 rings (SSSR count). The number of hydrogen-bond donors (Lipinski definition) is 1. The number of aryl methyl sites for hydroxylation is 1. The van der Waals surface area contributed by atoms with Gasteiger partial charge in [0, 0.05) is 42.3 Å². The van der Waals surface area contributed by atoms with Crippen LogP contribution in [0, 0.1) is 5.82 Å². The van der Waals surface area contributed by atoms with Gasteiger partial charge >= 0.3 is 0 Å². The summed E-state index contributed by atoms with van der Waals surface area (Å²) in [4.78, 5) is 21.2. The van der Waals surface area contributed by atoms with Crippen LogP contribution in [-0.2, 0) is 13.6 Å². The monoisotopic (exact) mass is 400 g/mol. The summed E-state index contributed by atoms with van der Waals surface area (Å²) in [6.45, 7) is 0.240. The summed E-state index contributed by atoms with van der Waals surface area (Å²) in [6, 6.07) is 8.21. The topological polar surface area (TPSA) is 59.8 Å². The van der Waals surface area contributed by atoms with Crippen molar-refractivity contribution in [2.45, 2.75) is 6.54 Å². The van der Waals surface area contributed by atoms with E-state index in [0.29, 0.717) is 11.3 Å². The molecule has 0 aliphatic carbocycles. The lowest BCUT2D eigenvalue weighted by Gasteiger charge is -2.04. The molecule has 0 aliphatic heterocycles. The standard InChI is InChI=1S/C19H14ClFN4OS/c1-25-9-13(12-3-2-6-22-17(12)25)19-24-16(10-27-19)18(26)23-8-11-4-5-15(21)14(20)7-11/h2-7,9-10H,8H2,1H3,(H,23,26). The Morgan fingerprint density at radius 2 is 2.22 bits per heavy atom. The van der Waals surface area contributed by atoms with Crippen molar-refractivity contribution in [1.29, 1.82) is 0 Å². The highest BCUT2D eigenvalue weighted by Crippen LogP contribution is 2.31. The first kappa shape index (κ1) is 17.6. The SMILES string of the molecule is Cn1cc(-c2nc(C(=O)NCc3ccc(F)c(Cl)c3)cs2)c2cccnc21. The fourth-order valence-electron chi connectivity index (χ4n) is 2.81. The van der Waals surface area contributed by atoms with Gasteiger partial charge in [0.05, 0.1) is 5.02 Å². The molecule has 0 bridgehead atoms. The number of benzene rings is 1. The zero-order valence-electron chi connectivity index (χ0n) is 14.2. The first-order valence-electron chi connectivity index (χ1n) is 8.11. The number of rotatable bonds is 4. The molecular formula is C19H14ClFN4OS. The van der Waals surface area contributed by atoms with E-state index in [1.54, 1.807) is 17.6 Å². The number of amides is 1. The molecule has 3 aromatic heterocycles. The van der Waals surface area contributed by atoms with Gasteiger partial charge in [-0.05, 0) is 29.8 Å². The highest BCUT2D eigenvalue weighted by molar-refractivity contribution is 7.13. The predicted molar refractivity (Wildman–Crippen MR) is 104 cm³/mol. The maximum absolute atomic E-state index is 13.2. The number of nitrogens with zero attached hydrogens (tertiary/aromatic N) is 3. The highest BCUT2D eigenvalue weighted by atomic mass is 35.5. The van der Waals surface area contributed by atoms with Gasteiger partial charge in [0.15, 0.2) is 0 Å². The lowest BCUT2D eigenvalue weighted by atomic mass is 10.2. The van der Waals surface area contributed by atoms with Crippen LogP contribution in [0.25, 0.3) is 21.6 Å². The van der Waals surface area contributed by atoms with Crippen LogP contribution in [0.1, 0.15) is 16.1 Å². The second kappa shape index (κ2) is 7.09. The molecule has 0 spiro atoms. The zero-order valence-corrected chi connectivity index (χ0v) is 15.8. The normalized spacial score (nSPS) is 11.1. The van der Waals surface area contributed by atoms with Gasteiger partial charge in [-0.1, -0.05) is 17.7 Å². The number of nitrogens with one attached hydrogen (secondary N) is 1. The molecule has 0 radical (unpaired) electrons. The van der Waals surface area contributed by atoms with Crippen molar-refractivity contribution < 1.29 is 9.18 Å². The maximum Gasteiger partial charge on any atom is 0.271 e. The number of fused-ring (bicyclic) bond motifs is 1. The van der Waals surface area contributed by atoms with Gasteiger partial charge in [-0.15, -0.1) is 11.3 Å². The number of hydrogen-bond acceptors (Lipinski definition) is 4. The van der Waals surface area contributed by atoms with E-state index in [9.17, 15) is 9.18 Å². The van der Waals surface area contributed by atoms with Gasteiger partial charge < -0.3 is 9.88 Å². The van der Waals surface area contributed by atoms with E-state index in [4.69, 9.17) is 11.6 Å². The fraction of sp³-hybridized carbons (Fsp3) is 0.105. The summed E-state index contributed by atoms with van der Waals surface area (Å²) in [6.07, 6.45) is 3.70. The maximum atomic E-state index is 13.2. The molecule has 4 aromatic rings. The van der Waals surface area contributed by atoms with Crippen LogP contribution in [0.2, 0.25) is 5.02 Å². The van der Waals surface area contributed by atoms with Crippen LogP contribution in [0.4, 0.5) is 4.39 Å². The smallest absolute Gasteiger partial charge is 0.271 e. The number of carbonyl (C=O) groups excluding carboxylic acids is 1. The Morgan fingerprint density at radius 3 is 3.04 bits per heavy atom. The van der Waals surface area contributed by atoms with Crippen molar-refractivity contribution in [2.24, 2.45) is 7.05 Å². The first-order valence-corrected chi connectivity index (χ1v) is 9.37. The first-order chi connectivity index (χ1) is 13.0. The van der Waals surface area contributed by atoms with Crippen LogP contribution >= 0.6 is 22.9 Å².